The number of carbonyl (C=O) groups is 1. The lowest BCUT2D eigenvalue weighted by atomic mass is 9.63. The van der Waals surface area contributed by atoms with Crippen molar-refractivity contribution in [2.24, 2.45) is 17.8 Å². The van der Waals surface area contributed by atoms with Crippen LogP contribution in [-0.2, 0) is 10.2 Å². The maximum absolute atomic E-state index is 12.6. The first kappa shape index (κ1) is 19.2. The Morgan fingerprint density at radius 2 is 2.04 bits per heavy atom. The maximum Gasteiger partial charge on any atom is 0.315 e. The zero-order valence-corrected chi connectivity index (χ0v) is 16.9. The fraction of sp³-hybridized carbons (Fsp3) is 0.625. The van der Waals surface area contributed by atoms with Crippen molar-refractivity contribution < 1.29 is 15.0 Å². The van der Waals surface area contributed by atoms with Gasteiger partial charge in [-0.2, -0.15) is 0 Å². The van der Waals surface area contributed by atoms with Crippen LogP contribution in [0.15, 0.2) is 18.2 Å². The van der Waals surface area contributed by atoms with Crippen molar-refractivity contribution >= 4 is 11.7 Å². The summed E-state index contributed by atoms with van der Waals surface area (Å²) >= 11 is 0. The molecule has 1 aromatic carbocycles. The molecule has 0 bridgehead atoms. The molecule has 0 aromatic heterocycles. The number of hydrogen-bond donors (Lipinski definition) is 2. The van der Waals surface area contributed by atoms with E-state index in [-0.39, 0.29) is 18.1 Å². The van der Waals surface area contributed by atoms with Crippen molar-refractivity contribution in [1.82, 2.24) is 0 Å². The van der Waals surface area contributed by atoms with Gasteiger partial charge in [0.2, 0.25) is 0 Å². The van der Waals surface area contributed by atoms with Crippen LogP contribution in [0.2, 0.25) is 0 Å². The summed E-state index contributed by atoms with van der Waals surface area (Å²) in [5.41, 5.74) is 0.408. The molecule has 2 saturated carbocycles. The van der Waals surface area contributed by atoms with E-state index in [1.165, 1.54) is 6.42 Å². The highest BCUT2D eigenvalue weighted by Gasteiger charge is 2.51. The van der Waals surface area contributed by atoms with Crippen LogP contribution in [0.5, 0.6) is 5.75 Å². The second-order valence-electron chi connectivity index (χ2n) is 8.97. The van der Waals surface area contributed by atoms with Gasteiger partial charge in [0.1, 0.15) is 11.2 Å². The molecule has 2 aliphatic carbocycles. The molecule has 3 fully saturated rings. The number of carboxylic acids is 1. The molecule has 150 valence electrons. The number of aliphatic carboxylic acids is 1. The van der Waals surface area contributed by atoms with Crippen LogP contribution in [0, 0.1) is 29.6 Å². The first-order valence-corrected chi connectivity index (χ1v) is 10.7. The lowest BCUT2D eigenvalue weighted by Crippen LogP contribution is -2.44. The van der Waals surface area contributed by atoms with Crippen LogP contribution in [0.25, 0.3) is 0 Å². The number of anilines is 1. The quantitative estimate of drug-likeness (QED) is 0.735. The van der Waals surface area contributed by atoms with Gasteiger partial charge in [-0.3, -0.25) is 4.79 Å². The highest BCUT2D eigenvalue weighted by molar-refractivity contribution is 5.84. The lowest BCUT2D eigenvalue weighted by molar-refractivity contribution is -0.146. The average Bonchev–Trinajstić information content (AvgIpc) is 3.40. The number of fused-ring (bicyclic) bond motifs is 1. The summed E-state index contributed by atoms with van der Waals surface area (Å²) in [5, 5.41) is 21.3. The summed E-state index contributed by atoms with van der Waals surface area (Å²) in [6, 6.07) is 6.15. The van der Waals surface area contributed by atoms with Crippen molar-refractivity contribution in [3.63, 3.8) is 0 Å². The molecule has 3 aliphatic rings. The Kier molecular flexibility index (Phi) is 5.04. The van der Waals surface area contributed by atoms with Crippen LogP contribution in [-0.4, -0.2) is 28.8 Å². The van der Waals surface area contributed by atoms with Gasteiger partial charge in [-0.15, -0.1) is 11.8 Å². The molecule has 4 rings (SSSR count). The van der Waals surface area contributed by atoms with Crippen molar-refractivity contribution in [1.29, 1.82) is 0 Å². The van der Waals surface area contributed by atoms with Gasteiger partial charge in [0.25, 0.3) is 0 Å². The van der Waals surface area contributed by atoms with E-state index in [2.05, 4.69) is 23.7 Å². The van der Waals surface area contributed by atoms with E-state index in [0.717, 1.165) is 56.2 Å². The van der Waals surface area contributed by atoms with E-state index in [9.17, 15) is 15.0 Å². The third-order valence-corrected chi connectivity index (χ3v) is 7.54. The highest BCUT2D eigenvalue weighted by atomic mass is 16.4. The van der Waals surface area contributed by atoms with Gasteiger partial charge in [0, 0.05) is 36.3 Å². The predicted octanol–water partition coefficient (Wildman–Crippen LogP) is 4.55. The van der Waals surface area contributed by atoms with E-state index in [0.29, 0.717) is 11.6 Å². The number of rotatable bonds is 5. The maximum atomic E-state index is 12.6. The van der Waals surface area contributed by atoms with Crippen LogP contribution in [0.1, 0.15) is 64.4 Å². The molecular formula is C24H31NO3. The number of phenolic OH excluding ortho intramolecular Hbond substituents is 1. The zero-order chi connectivity index (χ0) is 19.9. The molecule has 4 atom stereocenters. The minimum atomic E-state index is -1.13. The third kappa shape index (κ3) is 3.05. The summed E-state index contributed by atoms with van der Waals surface area (Å²) in [6.07, 6.45) is 6.59. The number of carboxylic acid groups (broad SMARTS) is 1. The van der Waals surface area contributed by atoms with Crippen molar-refractivity contribution in [2.75, 3.05) is 11.4 Å². The largest absolute Gasteiger partial charge is 0.508 e. The summed E-state index contributed by atoms with van der Waals surface area (Å²) in [4.78, 5) is 15.0. The van der Waals surface area contributed by atoms with Crippen LogP contribution >= 0.6 is 0 Å². The fourth-order valence-electron chi connectivity index (χ4n) is 5.79. The molecule has 0 amide bonds. The Morgan fingerprint density at radius 3 is 2.61 bits per heavy atom. The highest BCUT2D eigenvalue weighted by Crippen LogP contribution is 2.52. The summed E-state index contributed by atoms with van der Waals surface area (Å²) < 4.78 is 0. The SMILES string of the molecule is CC#CCC(C(=O)O)(c1ccc(N2C[C@@H]3C[C@@H]3C2C)cc1O)C1CCCCC1. The molecular weight excluding hydrogens is 350 g/mol. The summed E-state index contributed by atoms with van der Waals surface area (Å²) in [7, 11) is 0. The number of piperidine rings is 1. The van der Waals surface area contributed by atoms with Gasteiger partial charge in [-0.25, -0.2) is 0 Å². The molecule has 4 heteroatoms. The molecule has 1 heterocycles. The van der Waals surface area contributed by atoms with Crippen molar-refractivity contribution in [2.45, 2.75) is 70.3 Å². The van der Waals surface area contributed by atoms with E-state index in [4.69, 9.17) is 0 Å². The Labute approximate surface area is 167 Å². The monoisotopic (exact) mass is 381 g/mol. The van der Waals surface area contributed by atoms with Gasteiger partial charge in [0.05, 0.1) is 0 Å². The molecule has 2 unspecified atom stereocenters. The number of aromatic hydroxyl groups is 1. The molecule has 2 N–H and O–H groups in total. The molecule has 1 saturated heterocycles. The van der Waals surface area contributed by atoms with Crippen LogP contribution in [0.4, 0.5) is 5.69 Å². The van der Waals surface area contributed by atoms with Gasteiger partial charge >= 0.3 is 5.97 Å². The van der Waals surface area contributed by atoms with E-state index in [1.54, 1.807) is 13.0 Å². The summed E-state index contributed by atoms with van der Waals surface area (Å²) in [6.45, 7) is 5.04. The van der Waals surface area contributed by atoms with Gasteiger partial charge in [-0.1, -0.05) is 25.3 Å². The van der Waals surface area contributed by atoms with Gasteiger partial charge in [-0.05, 0) is 56.9 Å². The minimum Gasteiger partial charge on any atom is -0.508 e. The Bertz CT molecular complexity index is 817. The molecule has 28 heavy (non-hydrogen) atoms. The Hall–Kier alpha value is -2.15. The number of nitrogens with zero attached hydrogens (tertiary/aromatic N) is 1. The van der Waals surface area contributed by atoms with Gasteiger partial charge in [0.15, 0.2) is 0 Å². The van der Waals surface area contributed by atoms with E-state index >= 15 is 0 Å². The molecule has 0 radical (unpaired) electrons. The second-order valence-corrected chi connectivity index (χ2v) is 8.97. The first-order chi connectivity index (χ1) is 13.5. The Balaban J connectivity index is 1.72. The van der Waals surface area contributed by atoms with Crippen molar-refractivity contribution in [3.8, 4) is 17.6 Å². The fourth-order valence-corrected chi connectivity index (χ4v) is 5.79. The number of hydrogen-bond acceptors (Lipinski definition) is 3. The molecule has 1 aromatic rings. The van der Waals surface area contributed by atoms with E-state index in [1.807, 2.05) is 12.1 Å². The summed E-state index contributed by atoms with van der Waals surface area (Å²) in [5.74, 6) is 6.73. The molecule has 4 nitrogen and oxygen atoms in total. The standard InChI is InChI=1S/C24H31NO3/c1-3-4-12-24(23(27)28,18-8-6-5-7-9-18)21-11-10-19(14-22(21)26)25-15-17-13-20(17)16(25)2/h10-11,14,16-18,20,26H,5-9,12-13,15H2,1-2H3,(H,27,28)/t16?,17-,20+,24?/m0/s1. The normalized spacial score (nSPS) is 28.8. The Morgan fingerprint density at radius 1 is 1.29 bits per heavy atom. The number of benzene rings is 1. The predicted molar refractivity (Wildman–Crippen MR) is 110 cm³/mol. The second kappa shape index (κ2) is 7.35. The topological polar surface area (TPSA) is 60.8 Å². The molecule has 0 spiro atoms. The van der Waals surface area contributed by atoms with E-state index < -0.39 is 11.4 Å². The van der Waals surface area contributed by atoms with Crippen molar-refractivity contribution in [3.05, 3.63) is 23.8 Å². The minimum absolute atomic E-state index is 0.00899. The average molecular weight is 382 g/mol. The zero-order valence-electron chi connectivity index (χ0n) is 16.9. The first-order valence-electron chi connectivity index (χ1n) is 10.7. The number of phenols is 1. The lowest BCUT2D eigenvalue weighted by Gasteiger charge is -2.39. The molecule has 1 aliphatic heterocycles. The smallest absolute Gasteiger partial charge is 0.315 e. The third-order valence-electron chi connectivity index (χ3n) is 7.54. The van der Waals surface area contributed by atoms with Crippen LogP contribution in [0.3, 0.4) is 0 Å². The van der Waals surface area contributed by atoms with Crippen LogP contribution < -0.4 is 4.90 Å². The van der Waals surface area contributed by atoms with Gasteiger partial charge < -0.3 is 15.1 Å².